The first-order chi connectivity index (χ1) is 8.37. The normalized spacial score (nSPS) is 26.4. The molecule has 0 saturated carbocycles. The first kappa shape index (κ1) is 13.8. The van der Waals surface area contributed by atoms with Crippen molar-refractivity contribution in [2.24, 2.45) is 11.1 Å². The third-order valence-corrected chi connectivity index (χ3v) is 5.67. The summed E-state index contributed by atoms with van der Waals surface area (Å²) in [7, 11) is -3.04. The minimum atomic E-state index is -3.04. The van der Waals surface area contributed by atoms with Gasteiger partial charge in [0.2, 0.25) is 0 Å². The third kappa shape index (κ3) is 2.68. The van der Waals surface area contributed by atoms with E-state index in [0.29, 0.717) is 18.4 Å². The van der Waals surface area contributed by atoms with Gasteiger partial charge in [-0.3, -0.25) is 0 Å². The van der Waals surface area contributed by atoms with Crippen LogP contribution in [0.2, 0.25) is 5.02 Å². The second-order valence-corrected chi connectivity index (χ2v) is 7.53. The van der Waals surface area contributed by atoms with Crippen LogP contribution in [0.3, 0.4) is 0 Å². The molecule has 1 aliphatic rings. The highest BCUT2D eigenvalue weighted by atomic mass is 35.5. The van der Waals surface area contributed by atoms with Crippen LogP contribution in [0.1, 0.15) is 12.0 Å². The molecule has 1 saturated heterocycles. The van der Waals surface area contributed by atoms with Crippen molar-refractivity contribution in [3.63, 3.8) is 0 Å². The molecular weight excluding hydrogens is 277 g/mol. The first-order valence-electron chi connectivity index (χ1n) is 5.71. The second kappa shape index (κ2) is 4.79. The van der Waals surface area contributed by atoms with E-state index in [2.05, 4.69) is 0 Å². The van der Waals surface area contributed by atoms with Crippen molar-refractivity contribution in [2.45, 2.75) is 12.8 Å². The van der Waals surface area contributed by atoms with Gasteiger partial charge in [-0.05, 0) is 31.0 Å². The van der Waals surface area contributed by atoms with E-state index < -0.39 is 21.1 Å². The number of benzene rings is 1. The molecule has 100 valence electrons. The minimum Gasteiger partial charge on any atom is -0.330 e. The number of nitrogens with two attached hydrogens (primary N) is 1. The summed E-state index contributed by atoms with van der Waals surface area (Å²) in [6.07, 6.45) is 0.799. The molecule has 6 heteroatoms. The fraction of sp³-hybridized carbons (Fsp3) is 0.500. The maximum atomic E-state index is 13.8. The number of halogens is 2. The van der Waals surface area contributed by atoms with Gasteiger partial charge in [0.15, 0.2) is 9.84 Å². The van der Waals surface area contributed by atoms with Gasteiger partial charge in [0.1, 0.15) is 5.82 Å². The van der Waals surface area contributed by atoms with E-state index in [-0.39, 0.29) is 23.1 Å². The highest BCUT2D eigenvalue weighted by Crippen LogP contribution is 2.36. The molecule has 1 aliphatic heterocycles. The second-order valence-electron chi connectivity index (χ2n) is 4.94. The van der Waals surface area contributed by atoms with Crippen molar-refractivity contribution >= 4 is 21.4 Å². The molecule has 1 unspecified atom stereocenters. The zero-order chi connectivity index (χ0) is 13.4. The van der Waals surface area contributed by atoms with Crippen LogP contribution in [0.4, 0.5) is 4.39 Å². The minimum absolute atomic E-state index is 0.0302. The summed E-state index contributed by atoms with van der Waals surface area (Å²) in [5.74, 6) is -0.314. The average Bonchev–Trinajstić information content (AvgIpc) is 2.62. The van der Waals surface area contributed by atoms with Crippen LogP contribution in [-0.4, -0.2) is 26.5 Å². The fourth-order valence-electron chi connectivity index (χ4n) is 2.44. The molecule has 0 spiro atoms. The molecule has 1 fully saturated rings. The SMILES string of the molecule is NCC1(Cc2cccc(Cl)c2F)CCS(=O)(=O)C1. The molecule has 3 nitrogen and oxygen atoms in total. The Morgan fingerprint density at radius 1 is 1.44 bits per heavy atom. The summed E-state index contributed by atoms with van der Waals surface area (Å²) in [6.45, 7) is 0.234. The number of hydrogen-bond acceptors (Lipinski definition) is 3. The summed E-state index contributed by atoms with van der Waals surface area (Å²) < 4.78 is 37.0. The molecule has 1 atom stereocenters. The molecule has 1 aromatic rings. The van der Waals surface area contributed by atoms with E-state index in [1.165, 1.54) is 6.07 Å². The van der Waals surface area contributed by atoms with E-state index >= 15 is 0 Å². The highest BCUT2D eigenvalue weighted by Gasteiger charge is 2.41. The number of hydrogen-bond donors (Lipinski definition) is 1. The van der Waals surface area contributed by atoms with Gasteiger partial charge in [-0.1, -0.05) is 23.7 Å². The van der Waals surface area contributed by atoms with Crippen LogP contribution in [0.15, 0.2) is 18.2 Å². The van der Waals surface area contributed by atoms with E-state index in [0.717, 1.165) is 0 Å². The van der Waals surface area contributed by atoms with Crippen LogP contribution >= 0.6 is 11.6 Å². The summed E-state index contributed by atoms with van der Waals surface area (Å²) in [4.78, 5) is 0. The topological polar surface area (TPSA) is 60.2 Å². The van der Waals surface area contributed by atoms with Gasteiger partial charge in [-0.2, -0.15) is 0 Å². The maximum Gasteiger partial charge on any atom is 0.150 e. The van der Waals surface area contributed by atoms with Crippen molar-refractivity contribution in [2.75, 3.05) is 18.1 Å². The first-order valence-corrected chi connectivity index (χ1v) is 7.91. The zero-order valence-corrected chi connectivity index (χ0v) is 11.4. The monoisotopic (exact) mass is 291 g/mol. The van der Waals surface area contributed by atoms with Crippen LogP contribution in [0.5, 0.6) is 0 Å². The van der Waals surface area contributed by atoms with Crippen molar-refractivity contribution in [3.8, 4) is 0 Å². The van der Waals surface area contributed by atoms with E-state index in [1.54, 1.807) is 12.1 Å². The lowest BCUT2D eigenvalue weighted by Crippen LogP contribution is -2.34. The van der Waals surface area contributed by atoms with Crippen LogP contribution < -0.4 is 5.73 Å². The molecule has 2 rings (SSSR count). The van der Waals surface area contributed by atoms with Crippen molar-refractivity contribution in [1.82, 2.24) is 0 Å². The summed E-state index contributed by atoms with van der Waals surface area (Å²) in [6, 6.07) is 4.76. The Balaban J connectivity index is 2.29. The molecular formula is C12H15ClFNO2S. The highest BCUT2D eigenvalue weighted by molar-refractivity contribution is 7.91. The van der Waals surface area contributed by atoms with Gasteiger partial charge in [0.25, 0.3) is 0 Å². The Bertz CT molecular complexity index is 561. The van der Waals surface area contributed by atoms with Gasteiger partial charge in [0, 0.05) is 5.41 Å². The molecule has 0 bridgehead atoms. The van der Waals surface area contributed by atoms with Crippen LogP contribution in [0, 0.1) is 11.2 Å². The van der Waals surface area contributed by atoms with Gasteiger partial charge >= 0.3 is 0 Å². The predicted octanol–water partition coefficient (Wildman–Crippen LogP) is 1.79. The molecule has 1 aromatic carbocycles. The van der Waals surface area contributed by atoms with Gasteiger partial charge in [0.05, 0.1) is 16.5 Å². The van der Waals surface area contributed by atoms with Gasteiger partial charge in [-0.15, -0.1) is 0 Å². The van der Waals surface area contributed by atoms with Crippen molar-refractivity contribution in [3.05, 3.63) is 34.6 Å². The molecule has 0 radical (unpaired) electrons. The number of sulfone groups is 1. The Morgan fingerprint density at radius 2 is 2.17 bits per heavy atom. The quantitative estimate of drug-likeness (QED) is 0.923. The zero-order valence-electron chi connectivity index (χ0n) is 9.83. The van der Waals surface area contributed by atoms with Crippen LogP contribution in [0.25, 0.3) is 0 Å². The smallest absolute Gasteiger partial charge is 0.150 e. The maximum absolute atomic E-state index is 13.8. The third-order valence-electron chi connectivity index (χ3n) is 3.50. The molecule has 0 aliphatic carbocycles. The Morgan fingerprint density at radius 3 is 2.72 bits per heavy atom. The predicted molar refractivity (Wildman–Crippen MR) is 69.9 cm³/mol. The van der Waals surface area contributed by atoms with E-state index in [9.17, 15) is 12.8 Å². The van der Waals surface area contributed by atoms with Crippen molar-refractivity contribution < 1.29 is 12.8 Å². The lowest BCUT2D eigenvalue weighted by molar-refractivity contribution is 0.339. The largest absolute Gasteiger partial charge is 0.330 e. The summed E-state index contributed by atoms with van der Waals surface area (Å²) in [5.41, 5.74) is 5.59. The molecule has 0 amide bonds. The average molecular weight is 292 g/mol. The van der Waals surface area contributed by atoms with Crippen LogP contribution in [-0.2, 0) is 16.3 Å². The standard InChI is InChI=1S/C12H15ClFNO2S/c13-10-3-1-2-9(11(10)14)6-12(7-15)4-5-18(16,17)8-12/h1-3H,4-8,15H2. The lowest BCUT2D eigenvalue weighted by Gasteiger charge is -2.26. The van der Waals surface area contributed by atoms with E-state index in [1.807, 2.05) is 0 Å². The molecule has 2 N–H and O–H groups in total. The molecule has 18 heavy (non-hydrogen) atoms. The van der Waals surface area contributed by atoms with Crippen molar-refractivity contribution in [1.29, 1.82) is 0 Å². The molecule has 0 aromatic heterocycles. The Kier molecular flexibility index (Phi) is 3.67. The molecule has 1 heterocycles. The Hall–Kier alpha value is -0.650. The number of rotatable bonds is 3. The van der Waals surface area contributed by atoms with E-state index in [4.69, 9.17) is 17.3 Å². The summed E-state index contributed by atoms with van der Waals surface area (Å²) >= 11 is 5.72. The van der Waals surface area contributed by atoms with Gasteiger partial charge in [-0.25, -0.2) is 12.8 Å². The van der Waals surface area contributed by atoms with Gasteiger partial charge < -0.3 is 5.73 Å². The lowest BCUT2D eigenvalue weighted by atomic mass is 9.81. The summed E-state index contributed by atoms with van der Waals surface area (Å²) in [5, 5.41) is 0.0560. The fourth-order valence-corrected chi connectivity index (χ4v) is 4.82. The Labute approximate surface area is 111 Å².